The van der Waals surface area contributed by atoms with Gasteiger partial charge in [-0.25, -0.2) is 4.39 Å². The molecule has 0 aliphatic rings. The number of nitrogens with zero attached hydrogens (tertiary/aromatic N) is 1. The van der Waals surface area contributed by atoms with Gasteiger partial charge in [0.05, 0.1) is 11.9 Å². The van der Waals surface area contributed by atoms with Gasteiger partial charge in [-0.15, -0.1) is 0 Å². The number of halogens is 1. The van der Waals surface area contributed by atoms with E-state index < -0.39 is 5.97 Å². The fourth-order valence-corrected chi connectivity index (χ4v) is 2.56. The Bertz CT molecular complexity index is 616. The maximum absolute atomic E-state index is 13.8. The van der Waals surface area contributed by atoms with Gasteiger partial charge in [-0.2, -0.15) is 0 Å². The number of hydrogen-bond acceptors (Lipinski definition) is 1. The molecule has 0 amide bonds. The quantitative estimate of drug-likeness (QED) is 0.907. The standard InChI is InChI=1S/C15H18FNO2/c1-9(2)17-13-6-4-5-12(16)11(13)8-14(17)10(3)7-15(18)19/h4-6,8-10H,7H2,1-3H3,(H,18,19). The zero-order valence-corrected chi connectivity index (χ0v) is 11.4. The number of fused-ring (bicyclic) bond motifs is 1. The summed E-state index contributed by atoms with van der Waals surface area (Å²) in [6.07, 6.45) is 0.0463. The Morgan fingerprint density at radius 3 is 2.63 bits per heavy atom. The Morgan fingerprint density at radius 1 is 1.37 bits per heavy atom. The van der Waals surface area contributed by atoms with Gasteiger partial charge in [0.25, 0.3) is 0 Å². The second-order valence-corrected chi connectivity index (χ2v) is 5.20. The van der Waals surface area contributed by atoms with Crippen molar-refractivity contribution in [1.82, 2.24) is 4.57 Å². The van der Waals surface area contributed by atoms with E-state index in [0.717, 1.165) is 11.2 Å². The fourth-order valence-electron chi connectivity index (χ4n) is 2.56. The van der Waals surface area contributed by atoms with E-state index in [2.05, 4.69) is 0 Å². The smallest absolute Gasteiger partial charge is 0.304 e. The second-order valence-electron chi connectivity index (χ2n) is 5.20. The van der Waals surface area contributed by atoms with Crippen LogP contribution < -0.4 is 0 Å². The van der Waals surface area contributed by atoms with E-state index in [1.165, 1.54) is 6.07 Å². The van der Waals surface area contributed by atoms with Gasteiger partial charge in [0.15, 0.2) is 0 Å². The zero-order valence-electron chi connectivity index (χ0n) is 11.4. The summed E-state index contributed by atoms with van der Waals surface area (Å²) in [5.41, 5.74) is 1.69. The van der Waals surface area contributed by atoms with E-state index in [1.807, 2.05) is 31.4 Å². The molecule has 0 aliphatic carbocycles. The molecule has 0 radical (unpaired) electrons. The highest BCUT2D eigenvalue weighted by molar-refractivity contribution is 5.82. The van der Waals surface area contributed by atoms with Gasteiger partial charge in [-0.05, 0) is 32.0 Å². The average Bonchev–Trinajstić information content (AvgIpc) is 2.68. The molecule has 0 saturated carbocycles. The summed E-state index contributed by atoms with van der Waals surface area (Å²) in [5.74, 6) is -1.25. The van der Waals surface area contributed by atoms with Crippen LogP contribution in [0.5, 0.6) is 0 Å². The van der Waals surface area contributed by atoms with Crippen LogP contribution in [0.4, 0.5) is 4.39 Å². The van der Waals surface area contributed by atoms with Gasteiger partial charge in [0.1, 0.15) is 5.82 Å². The van der Waals surface area contributed by atoms with Crippen LogP contribution >= 0.6 is 0 Å². The molecule has 0 aliphatic heterocycles. The molecule has 2 rings (SSSR count). The lowest BCUT2D eigenvalue weighted by atomic mass is 10.0. The number of carboxylic acids is 1. The van der Waals surface area contributed by atoms with Gasteiger partial charge in [0.2, 0.25) is 0 Å². The molecule has 1 atom stereocenters. The molecule has 4 heteroatoms. The monoisotopic (exact) mass is 263 g/mol. The number of carboxylic acid groups (broad SMARTS) is 1. The summed E-state index contributed by atoms with van der Waals surface area (Å²) < 4.78 is 15.9. The lowest BCUT2D eigenvalue weighted by Gasteiger charge is -2.18. The molecule has 2 aromatic rings. The van der Waals surface area contributed by atoms with Gasteiger partial charge in [0, 0.05) is 23.0 Å². The third-order valence-electron chi connectivity index (χ3n) is 3.36. The van der Waals surface area contributed by atoms with Crippen molar-refractivity contribution in [3.63, 3.8) is 0 Å². The van der Waals surface area contributed by atoms with E-state index in [-0.39, 0.29) is 24.2 Å². The van der Waals surface area contributed by atoms with Gasteiger partial charge in [-0.3, -0.25) is 4.79 Å². The van der Waals surface area contributed by atoms with E-state index in [0.29, 0.717) is 5.39 Å². The van der Waals surface area contributed by atoms with Crippen molar-refractivity contribution >= 4 is 16.9 Å². The highest BCUT2D eigenvalue weighted by atomic mass is 19.1. The van der Waals surface area contributed by atoms with Crippen LogP contribution in [-0.2, 0) is 4.79 Å². The molecule has 0 bridgehead atoms. The molecule has 1 aromatic heterocycles. The van der Waals surface area contributed by atoms with E-state index in [4.69, 9.17) is 5.11 Å². The van der Waals surface area contributed by atoms with Crippen molar-refractivity contribution in [2.75, 3.05) is 0 Å². The minimum absolute atomic E-state index is 0.0463. The molecule has 0 saturated heterocycles. The molecule has 102 valence electrons. The Balaban J connectivity index is 2.63. The molecule has 19 heavy (non-hydrogen) atoms. The molecule has 1 N–H and O–H groups in total. The van der Waals surface area contributed by atoms with Crippen molar-refractivity contribution in [2.24, 2.45) is 0 Å². The Hall–Kier alpha value is -1.84. The first-order chi connectivity index (χ1) is 8.91. The Morgan fingerprint density at radius 2 is 2.05 bits per heavy atom. The Kier molecular flexibility index (Phi) is 3.60. The number of carbonyl (C=O) groups is 1. The van der Waals surface area contributed by atoms with Crippen molar-refractivity contribution in [3.8, 4) is 0 Å². The molecule has 0 fully saturated rings. The number of aromatic nitrogens is 1. The first-order valence-corrected chi connectivity index (χ1v) is 6.43. The van der Waals surface area contributed by atoms with Crippen LogP contribution in [0.25, 0.3) is 10.9 Å². The molecule has 1 unspecified atom stereocenters. The van der Waals surface area contributed by atoms with Crippen LogP contribution in [-0.4, -0.2) is 15.6 Å². The predicted octanol–water partition coefficient (Wildman–Crippen LogP) is 3.94. The molecule has 1 aromatic carbocycles. The Labute approximate surface area is 111 Å². The number of hydrogen-bond donors (Lipinski definition) is 1. The van der Waals surface area contributed by atoms with Gasteiger partial charge < -0.3 is 9.67 Å². The number of aliphatic carboxylic acids is 1. The normalized spacial score (nSPS) is 13.1. The lowest BCUT2D eigenvalue weighted by molar-refractivity contribution is -0.137. The maximum atomic E-state index is 13.8. The number of benzene rings is 1. The summed E-state index contributed by atoms with van der Waals surface area (Å²) in [6, 6.07) is 6.92. The van der Waals surface area contributed by atoms with Crippen molar-refractivity contribution in [3.05, 3.63) is 35.8 Å². The van der Waals surface area contributed by atoms with Crippen LogP contribution in [0.2, 0.25) is 0 Å². The zero-order chi connectivity index (χ0) is 14.2. The summed E-state index contributed by atoms with van der Waals surface area (Å²) in [7, 11) is 0. The summed E-state index contributed by atoms with van der Waals surface area (Å²) >= 11 is 0. The summed E-state index contributed by atoms with van der Waals surface area (Å²) in [5, 5.41) is 9.48. The molecular weight excluding hydrogens is 245 g/mol. The minimum atomic E-state index is -0.839. The average molecular weight is 263 g/mol. The predicted molar refractivity (Wildman–Crippen MR) is 72.9 cm³/mol. The van der Waals surface area contributed by atoms with Crippen LogP contribution in [0.3, 0.4) is 0 Å². The number of rotatable bonds is 4. The highest BCUT2D eigenvalue weighted by Crippen LogP contribution is 2.31. The maximum Gasteiger partial charge on any atom is 0.304 e. The van der Waals surface area contributed by atoms with Crippen molar-refractivity contribution < 1.29 is 14.3 Å². The third-order valence-corrected chi connectivity index (χ3v) is 3.36. The SMILES string of the molecule is CC(CC(=O)O)c1cc2c(F)cccc2n1C(C)C. The third kappa shape index (κ3) is 2.48. The van der Waals surface area contributed by atoms with Crippen LogP contribution in [0.1, 0.15) is 44.8 Å². The minimum Gasteiger partial charge on any atom is -0.481 e. The van der Waals surface area contributed by atoms with E-state index >= 15 is 0 Å². The largest absolute Gasteiger partial charge is 0.481 e. The van der Waals surface area contributed by atoms with Crippen molar-refractivity contribution in [2.45, 2.75) is 39.2 Å². The van der Waals surface area contributed by atoms with E-state index in [1.54, 1.807) is 12.1 Å². The first kappa shape index (κ1) is 13.6. The van der Waals surface area contributed by atoms with Crippen LogP contribution in [0, 0.1) is 5.82 Å². The lowest BCUT2D eigenvalue weighted by Crippen LogP contribution is -2.11. The molecule has 0 spiro atoms. The molecule has 3 nitrogen and oxygen atoms in total. The summed E-state index contributed by atoms with van der Waals surface area (Å²) in [4.78, 5) is 10.9. The molecular formula is C15H18FNO2. The second kappa shape index (κ2) is 5.03. The fraction of sp³-hybridized carbons (Fsp3) is 0.400. The topological polar surface area (TPSA) is 42.2 Å². The van der Waals surface area contributed by atoms with Crippen LogP contribution in [0.15, 0.2) is 24.3 Å². The van der Waals surface area contributed by atoms with Crippen molar-refractivity contribution in [1.29, 1.82) is 0 Å². The summed E-state index contributed by atoms with van der Waals surface area (Å²) in [6.45, 7) is 5.89. The molecule has 1 heterocycles. The van der Waals surface area contributed by atoms with Gasteiger partial charge in [-0.1, -0.05) is 13.0 Å². The first-order valence-electron chi connectivity index (χ1n) is 6.43. The van der Waals surface area contributed by atoms with Gasteiger partial charge >= 0.3 is 5.97 Å². The highest BCUT2D eigenvalue weighted by Gasteiger charge is 2.19. The van der Waals surface area contributed by atoms with E-state index in [9.17, 15) is 9.18 Å².